The fraction of sp³-hybridized carbons (Fsp3) is 0.0526. The number of hydrogen-bond donors (Lipinski definition) is 1. The summed E-state index contributed by atoms with van der Waals surface area (Å²) in [6.07, 6.45) is 1.77. The molecule has 0 spiro atoms. The van der Waals surface area contributed by atoms with E-state index in [1.54, 1.807) is 6.20 Å². The largest absolute Gasteiger partial charge is 0.324 e. The van der Waals surface area contributed by atoms with Crippen molar-refractivity contribution in [1.82, 2.24) is 4.98 Å². The number of amides is 1. The molecular weight excluding hydrogens is 272 g/mol. The molecule has 1 N–H and O–H groups in total. The predicted molar refractivity (Wildman–Crippen MR) is 89.4 cm³/mol. The molecule has 1 aromatic heterocycles. The number of nitrogens with one attached hydrogen (secondary N) is 1. The molecule has 22 heavy (non-hydrogen) atoms. The molecule has 2 aromatic carbocycles. The molecule has 0 aliphatic rings. The second-order valence-electron chi connectivity index (χ2n) is 5.00. The highest BCUT2D eigenvalue weighted by Crippen LogP contribution is 2.35. The summed E-state index contributed by atoms with van der Waals surface area (Å²) in [5.74, 6) is -0.109. The predicted octanol–water partition coefficient (Wildman–Crippen LogP) is 4.37. The number of pyridine rings is 1. The number of rotatable bonds is 3. The fourth-order valence-electron chi connectivity index (χ4n) is 2.44. The van der Waals surface area contributed by atoms with Gasteiger partial charge < -0.3 is 5.32 Å². The van der Waals surface area contributed by atoms with E-state index in [1.165, 1.54) is 6.92 Å². The lowest BCUT2D eigenvalue weighted by molar-refractivity contribution is -0.114. The first-order valence-corrected chi connectivity index (χ1v) is 7.13. The molecule has 0 atom stereocenters. The Morgan fingerprint density at radius 2 is 1.45 bits per heavy atom. The van der Waals surface area contributed by atoms with Gasteiger partial charge in [0, 0.05) is 24.2 Å². The molecule has 3 heteroatoms. The van der Waals surface area contributed by atoms with Crippen LogP contribution in [-0.4, -0.2) is 10.9 Å². The maximum Gasteiger partial charge on any atom is 0.221 e. The Bertz CT molecular complexity index is 725. The summed E-state index contributed by atoms with van der Waals surface area (Å²) in [5.41, 5.74) is 4.50. The van der Waals surface area contributed by atoms with E-state index in [2.05, 4.69) is 10.3 Å². The van der Waals surface area contributed by atoms with Crippen molar-refractivity contribution in [3.63, 3.8) is 0 Å². The number of aromatic nitrogens is 1. The zero-order valence-corrected chi connectivity index (χ0v) is 12.3. The highest BCUT2D eigenvalue weighted by Gasteiger charge is 2.14. The Morgan fingerprint density at radius 1 is 0.864 bits per heavy atom. The van der Waals surface area contributed by atoms with Crippen LogP contribution in [0.1, 0.15) is 6.92 Å². The number of anilines is 1. The van der Waals surface area contributed by atoms with Crippen molar-refractivity contribution in [1.29, 1.82) is 0 Å². The third-order valence-corrected chi connectivity index (χ3v) is 3.38. The average molecular weight is 288 g/mol. The van der Waals surface area contributed by atoms with Crippen molar-refractivity contribution in [2.75, 3.05) is 5.32 Å². The third-order valence-electron chi connectivity index (χ3n) is 3.38. The first-order chi connectivity index (χ1) is 10.8. The molecule has 0 aliphatic carbocycles. The monoisotopic (exact) mass is 288 g/mol. The Morgan fingerprint density at radius 3 is 2.05 bits per heavy atom. The van der Waals surface area contributed by atoms with Crippen LogP contribution < -0.4 is 5.32 Å². The van der Waals surface area contributed by atoms with Gasteiger partial charge in [-0.3, -0.25) is 9.78 Å². The summed E-state index contributed by atoms with van der Waals surface area (Å²) < 4.78 is 0. The van der Waals surface area contributed by atoms with Gasteiger partial charge in [0.05, 0.1) is 11.4 Å². The molecule has 1 heterocycles. The maximum atomic E-state index is 11.6. The summed E-state index contributed by atoms with van der Waals surface area (Å²) in [6, 6.07) is 21.8. The van der Waals surface area contributed by atoms with Crippen LogP contribution in [0.15, 0.2) is 72.9 Å². The van der Waals surface area contributed by atoms with E-state index in [4.69, 9.17) is 0 Å². The lowest BCUT2D eigenvalue weighted by Gasteiger charge is -2.14. The van der Waals surface area contributed by atoms with Crippen LogP contribution in [0.2, 0.25) is 0 Å². The molecular formula is C19H16N2O. The molecule has 0 bridgehead atoms. The zero-order valence-electron chi connectivity index (χ0n) is 12.3. The van der Waals surface area contributed by atoms with Gasteiger partial charge in [-0.15, -0.1) is 0 Å². The van der Waals surface area contributed by atoms with Crippen LogP contribution in [0.4, 0.5) is 5.69 Å². The first-order valence-electron chi connectivity index (χ1n) is 7.13. The SMILES string of the molecule is CC(=O)Nc1c(-c2ccccc2)ccnc1-c1ccccc1. The van der Waals surface area contributed by atoms with Crippen LogP contribution in [0.3, 0.4) is 0 Å². The van der Waals surface area contributed by atoms with Crippen molar-refractivity contribution >= 4 is 11.6 Å². The minimum absolute atomic E-state index is 0.109. The van der Waals surface area contributed by atoms with E-state index in [-0.39, 0.29) is 5.91 Å². The lowest BCUT2D eigenvalue weighted by atomic mass is 10.0. The average Bonchev–Trinajstić information content (AvgIpc) is 2.56. The van der Waals surface area contributed by atoms with E-state index in [0.29, 0.717) is 0 Å². The molecule has 0 radical (unpaired) electrons. The number of carbonyl (C=O) groups is 1. The minimum atomic E-state index is -0.109. The van der Waals surface area contributed by atoms with Gasteiger partial charge in [-0.1, -0.05) is 60.7 Å². The Labute approximate surface area is 129 Å². The lowest BCUT2D eigenvalue weighted by Crippen LogP contribution is -2.09. The first kappa shape index (κ1) is 14.0. The van der Waals surface area contributed by atoms with Crippen molar-refractivity contribution < 1.29 is 4.79 Å². The minimum Gasteiger partial charge on any atom is -0.324 e. The van der Waals surface area contributed by atoms with Crippen LogP contribution in [-0.2, 0) is 4.79 Å². The third kappa shape index (κ3) is 2.88. The number of carbonyl (C=O) groups excluding carboxylic acids is 1. The van der Waals surface area contributed by atoms with Gasteiger partial charge in [-0.05, 0) is 11.6 Å². The molecule has 108 valence electrons. The van der Waals surface area contributed by atoms with Gasteiger partial charge in [0.25, 0.3) is 0 Å². The molecule has 1 amide bonds. The van der Waals surface area contributed by atoms with Crippen LogP contribution in [0.5, 0.6) is 0 Å². The highest BCUT2D eigenvalue weighted by atomic mass is 16.1. The van der Waals surface area contributed by atoms with E-state index in [0.717, 1.165) is 28.1 Å². The molecule has 0 unspecified atom stereocenters. The van der Waals surface area contributed by atoms with E-state index >= 15 is 0 Å². The van der Waals surface area contributed by atoms with Gasteiger partial charge >= 0.3 is 0 Å². The second kappa shape index (κ2) is 6.22. The molecule has 3 nitrogen and oxygen atoms in total. The summed E-state index contributed by atoms with van der Waals surface area (Å²) in [4.78, 5) is 16.1. The van der Waals surface area contributed by atoms with E-state index in [1.807, 2.05) is 66.7 Å². The Hall–Kier alpha value is -2.94. The van der Waals surface area contributed by atoms with Crippen LogP contribution >= 0.6 is 0 Å². The van der Waals surface area contributed by atoms with Gasteiger partial charge in [0.1, 0.15) is 0 Å². The van der Waals surface area contributed by atoms with E-state index in [9.17, 15) is 4.79 Å². The van der Waals surface area contributed by atoms with Crippen LogP contribution in [0, 0.1) is 0 Å². The normalized spacial score (nSPS) is 10.2. The van der Waals surface area contributed by atoms with Gasteiger partial charge in [-0.2, -0.15) is 0 Å². The van der Waals surface area contributed by atoms with Crippen molar-refractivity contribution in [3.8, 4) is 22.4 Å². The molecule has 0 saturated heterocycles. The molecule has 0 saturated carbocycles. The number of hydrogen-bond acceptors (Lipinski definition) is 2. The van der Waals surface area contributed by atoms with Gasteiger partial charge in [0.2, 0.25) is 5.91 Å². The summed E-state index contributed by atoms with van der Waals surface area (Å²) in [7, 11) is 0. The topological polar surface area (TPSA) is 42.0 Å². The van der Waals surface area contributed by atoms with Crippen molar-refractivity contribution in [3.05, 3.63) is 72.9 Å². The standard InChI is InChI=1S/C19H16N2O/c1-14(22)21-19-17(15-8-4-2-5-9-15)12-13-20-18(19)16-10-6-3-7-11-16/h2-13H,1H3,(H,21,22). The van der Waals surface area contributed by atoms with Crippen molar-refractivity contribution in [2.24, 2.45) is 0 Å². The summed E-state index contributed by atoms with van der Waals surface area (Å²) in [6.45, 7) is 1.51. The highest BCUT2D eigenvalue weighted by molar-refractivity contribution is 5.99. The quantitative estimate of drug-likeness (QED) is 0.777. The van der Waals surface area contributed by atoms with Crippen LogP contribution in [0.25, 0.3) is 22.4 Å². The maximum absolute atomic E-state index is 11.6. The second-order valence-corrected chi connectivity index (χ2v) is 5.00. The summed E-state index contributed by atoms with van der Waals surface area (Å²) in [5, 5.41) is 2.94. The van der Waals surface area contributed by atoms with Crippen molar-refractivity contribution in [2.45, 2.75) is 6.92 Å². The smallest absolute Gasteiger partial charge is 0.221 e. The van der Waals surface area contributed by atoms with E-state index < -0.39 is 0 Å². The molecule has 0 fully saturated rings. The van der Waals surface area contributed by atoms with Gasteiger partial charge in [-0.25, -0.2) is 0 Å². The molecule has 0 aliphatic heterocycles. The van der Waals surface area contributed by atoms with Gasteiger partial charge in [0.15, 0.2) is 0 Å². The fourth-order valence-corrected chi connectivity index (χ4v) is 2.44. The Balaban J connectivity index is 2.21. The number of benzene rings is 2. The Kier molecular flexibility index (Phi) is 3.97. The zero-order chi connectivity index (χ0) is 15.4. The number of nitrogens with zero attached hydrogens (tertiary/aromatic N) is 1. The molecule has 3 aromatic rings. The molecule has 3 rings (SSSR count). The summed E-state index contributed by atoms with van der Waals surface area (Å²) >= 11 is 0.